The maximum atomic E-state index is 6.53. The van der Waals surface area contributed by atoms with Gasteiger partial charge in [0.15, 0.2) is 0 Å². The van der Waals surface area contributed by atoms with Crippen LogP contribution in [0, 0.1) is 38.4 Å². The molecule has 0 saturated carbocycles. The van der Waals surface area contributed by atoms with E-state index in [0.717, 1.165) is 68.1 Å². The zero-order chi connectivity index (χ0) is 48.2. The Balaban J connectivity index is 0.000000246. The molecule has 1 radical (unpaired) electrons. The van der Waals surface area contributed by atoms with Gasteiger partial charge < -0.3 is 14.0 Å². The van der Waals surface area contributed by atoms with Gasteiger partial charge >= 0.3 is 132 Å². The predicted molar refractivity (Wildman–Crippen MR) is 286 cm³/mol. The van der Waals surface area contributed by atoms with Gasteiger partial charge in [0.05, 0.1) is 28.1 Å². The van der Waals surface area contributed by atoms with Crippen molar-refractivity contribution in [2.24, 2.45) is 5.41 Å². The number of furan rings is 1. The van der Waals surface area contributed by atoms with Gasteiger partial charge in [-0.15, -0.1) is 0 Å². The third-order valence-corrected chi connectivity index (χ3v) is 17.1. The Bertz CT molecular complexity index is 3470. The number of aryl methyl sites for hydroxylation is 3. The van der Waals surface area contributed by atoms with Gasteiger partial charge in [0.1, 0.15) is 0 Å². The second-order valence-electron chi connectivity index (χ2n) is 21.2. The van der Waals surface area contributed by atoms with E-state index in [4.69, 9.17) is 29.3 Å². The fraction of sp³-hybridized carbons (Fsp3) is 0.283. The molecule has 0 amide bonds. The molecule has 0 bridgehead atoms. The summed E-state index contributed by atoms with van der Waals surface area (Å²) in [4.78, 5) is 24.2. The minimum Gasteiger partial charge on any atom is -0.486 e. The summed E-state index contributed by atoms with van der Waals surface area (Å²) in [5.41, 5.74) is 16.4. The van der Waals surface area contributed by atoms with E-state index >= 15 is 0 Å². The first-order chi connectivity index (χ1) is 32.4. The molecule has 0 saturated heterocycles. The van der Waals surface area contributed by atoms with Crippen LogP contribution in [0.1, 0.15) is 94.1 Å². The molecule has 9 heteroatoms. The van der Waals surface area contributed by atoms with Crippen LogP contribution in [-0.2, 0) is 26.5 Å². The Morgan fingerprint density at radius 2 is 1.45 bits per heavy atom. The van der Waals surface area contributed by atoms with Gasteiger partial charge in [-0.1, -0.05) is 71.0 Å². The summed E-state index contributed by atoms with van der Waals surface area (Å²) < 4.78 is 10.4. The Hall–Kier alpha value is -5.80. The number of fused-ring (bicyclic) bond motifs is 5. The third-order valence-electron chi connectivity index (χ3n) is 12.8. The number of pyridine rings is 4. The van der Waals surface area contributed by atoms with E-state index in [2.05, 4.69) is 168 Å². The quantitative estimate of drug-likeness (QED) is 0.111. The normalized spacial score (nSPS) is 12.0. The molecule has 0 N–H and O–H groups in total. The Morgan fingerprint density at radius 1 is 0.739 bits per heavy atom. The molecule has 6 heterocycles. The minimum atomic E-state index is -1.90. The van der Waals surface area contributed by atoms with Gasteiger partial charge in [-0.05, 0) is 118 Å². The summed E-state index contributed by atoms with van der Waals surface area (Å²) in [6, 6.07) is 39.7. The summed E-state index contributed by atoms with van der Waals surface area (Å²) >= 11 is -1.90. The smallest absolute Gasteiger partial charge is 0.216 e. The van der Waals surface area contributed by atoms with Gasteiger partial charge in [-0.3, -0.25) is 9.97 Å². The summed E-state index contributed by atoms with van der Waals surface area (Å²) in [5.74, 6) is 8.51. The SMILES string of the molecule is CC(C)(C)Cc1cc(-c2[c-]cccc2)nc[c]1[Ge]([CH3])([CH3])[CH3].Cc1ccc2c(n1)oc1c(-c3nc4ccnc(C)c4n3-c3c(C(C)C)cc(-c4ccc5ccccc5c4)cc3C(C)C)[c-]nc(C)c12.[Ir]. The maximum Gasteiger partial charge on any atom is 0.216 e. The standard InChI is InChI=1S/C41H36N5O.C19H26GeN.Ir/c1-22(2)32-19-30(29-14-13-27-10-8-9-11-28(27)18-29)20-33(23(3)4)38(32)46-37-26(7)42-17-16-35(37)45-40(46)34-21-43-25(6)36-31-15-12-24(5)44-41(31)47-39(34)36;1-19(2,3)13-16-12-18(15-10-8-7-9-11-15)21-14-17(16)20(4,5)6;/h8-20,22-23H,1-7H3;7-10,12,14H,13H2,1-6H3;/q2*-1;. The van der Waals surface area contributed by atoms with E-state index < -0.39 is 13.3 Å². The molecule has 0 spiro atoms. The molecule has 0 aliphatic heterocycles. The molecule has 0 fully saturated rings. The van der Waals surface area contributed by atoms with Crippen LogP contribution in [0.2, 0.25) is 17.3 Å². The Labute approximate surface area is 424 Å². The van der Waals surface area contributed by atoms with Crippen LogP contribution >= 0.6 is 0 Å². The van der Waals surface area contributed by atoms with E-state index in [1.807, 2.05) is 50.4 Å². The second-order valence-corrected chi connectivity index (χ2v) is 31.8. The summed E-state index contributed by atoms with van der Waals surface area (Å²) in [6.45, 7) is 22.0. The molecule has 0 aliphatic carbocycles. The van der Waals surface area contributed by atoms with Crippen LogP contribution in [0.4, 0.5) is 0 Å². The van der Waals surface area contributed by atoms with E-state index in [1.165, 1.54) is 43.0 Å². The zero-order valence-electron chi connectivity index (χ0n) is 42.3. The summed E-state index contributed by atoms with van der Waals surface area (Å²) in [5, 5.41) is 4.35. The molecular weight excluding hydrogens is 1090 g/mol. The monoisotopic (exact) mass is 1150 g/mol. The maximum absolute atomic E-state index is 6.53. The second kappa shape index (κ2) is 19.5. The first-order valence-electron chi connectivity index (χ1n) is 23.9. The molecule has 69 heavy (non-hydrogen) atoms. The molecule has 10 aromatic rings. The number of hydrogen-bond donors (Lipinski definition) is 0. The van der Waals surface area contributed by atoms with Crippen molar-refractivity contribution in [3.63, 3.8) is 0 Å². The van der Waals surface area contributed by atoms with E-state index in [-0.39, 0.29) is 31.9 Å². The fourth-order valence-electron chi connectivity index (χ4n) is 9.52. The van der Waals surface area contributed by atoms with E-state index in [1.54, 1.807) is 0 Å². The van der Waals surface area contributed by atoms with Crippen LogP contribution < -0.4 is 4.40 Å². The molecule has 0 unspecified atom stereocenters. The third kappa shape index (κ3) is 9.99. The summed E-state index contributed by atoms with van der Waals surface area (Å²) in [6.07, 6.45) is 8.41. The van der Waals surface area contributed by atoms with Crippen molar-refractivity contribution in [3.05, 3.63) is 162 Å². The van der Waals surface area contributed by atoms with Crippen LogP contribution in [0.15, 0.2) is 120 Å². The first-order valence-corrected chi connectivity index (χ1v) is 31.3. The van der Waals surface area contributed by atoms with Crippen LogP contribution in [0.5, 0.6) is 0 Å². The number of rotatable bonds is 8. The molecule has 7 nitrogen and oxygen atoms in total. The van der Waals surface area contributed by atoms with Crippen LogP contribution in [0.25, 0.3) is 83.3 Å². The van der Waals surface area contributed by atoms with Crippen molar-refractivity contribution in [1.82, 2.24) is 29.5 Å². The fourth-order valence-corrected chi connectivity index (χ4v) is 12.8. The van der Waals surface area contributed by atoms with E-state index in [0.29, 0.717) is 22.3 Å². The molecule has 353 valence electrons. The van der Waals surface area contributed by atoms with Crippen molar-refractivity contribution < 1.29 is 24.5 Å². The largest absolute Gasteiger partial charge is 0.486 e. The van der Waals surface area contributed by atoms with Gasteiger partial charge in [-0.25, -0.2) is 4.98 Å². The van der Waals surface area contributed by atoms with Crippen molar-refractivity contribution in [2.75, 3.05) is 0 Å². The van der Waals surface area contributed by atoms with Gasteiger partial charge in [0, 0.05) is 43.1 Å². The van der Waals surface area contributed by atoms with Crippen LogP contribution in [-0.4, -0.2) is 42.8 Å². The number of aromatic nitrogens is 6. The Morgan fingerprint density at radius 3 is 2.12 bits per heavy atom. The van der Waals surface area contributed by atoms with E-state index in [9.17, 15) is 0 Å². The number of hydrogen-bond acceptors (Lipinski definition) is 6. The van der Waals surface area contributed by atoms with Crippen molar-refractivity contribution in [2.45, 2.75) is 105 Å². The molecule has 6 aromatic heterocycles. The topological polar surface area (TPSA) is 82.5 Å². The first kappa shape index (κ1) is 49.6. The van der Waals surface area contributed by atoms with Gasteiger partial charge in [-0.2, -0.15) is 0 Å². The Kier molecular flexibility index (Phi) is 14.0. The molecule has 4 aromatic carbocycles. The van der Waals surface area contributed by atoms with Crippen molar-refractivity contribution >= 4 is 61.5 Å². The molecule has 10 rings (SSSR count). The number of nitrogens with zero attached hydrogens (tertiary/aromatic N) is 6. The number of benzene rings is 4. The average Bonchev–Trinajstić information content (AvgIpc) is 3.88. The van der Waals surface area contributed by atoms with Crippen molar-refractivity contribution in [3.8, 4) is 39.5 Å². The molecule has 0 aliphatic rings. The van der Waals surface area contributed by atoms with Crippen LogP contribution in [0.3, 0.4) is 0 Å². The minimum absolute atomic E-state index is 0. The average molecular weight is 1150 g/mol. The van der Waals surface area contributed by atoms with Gasteiger partial charge in [0.2, 0.25) is 5.71 Å². The molecular formula is C60H62GeIrN6O-2. The summed E-state index contributed by atoms with van der Waals surface area (Å²) in [7, 11) is 0. The molecule has 0 atom stereocenters. The van der Waals surface area contributed by atoms with Crippen molar-refractivity contribution in [1.29, 1.82) is 0 Å². The number of imidazole rings is 1. The zero-order valence-corrected chi connectivity index (χ0v) is 46.7. The predicted octanol–water partition coefficient (Wildman–Crippen LogP) is 15.2. The van der Waals surface area contributed by atoms with Gasteiger partial charge in [0.25, 0.3) is 0 Å².